The van der Waals surface area contributed by atoms with Crippen LogP contribution in [0.15, 0.2) is 83.3 Å². The summed E-state index contributed by atoms with van der Waals surface area (Å²) in [5, 5.41) is 1.13. The fourth-order valence-electron chi connectivity index (χ4n) is 2.97. The summed E-state index contributed by atoms with van der Waals surface area (Å²) in [7, 11) is 0. The first-order chi connectivity index (χ1) is 12.8. The second-order valence-electron chi connectivity index (χ2n) is 6.36. The third-order valence-electron chi connectivity index (χ3n) is 4.41. The SMILES string of the molecule is Cc1ccc(/C=C/c2oc3ccccc3c2/C=C/c2ccccc2)cc1. The van der Waals surface area contributed by atoms with Crippen molar-refractivity contribution in [2.75, 3.05) is 0 Å². The van der Waals surface area contributed by atoms with Gasteiger partial charge in [-0.05, 0) is 36.3 Å². The van der Waals surface area contributed by atoms with Crippen molar-refractivity contribution in [1.82, 2.24) is 0 Å². The quantitative estimate of drug-likeness (QED) is 0.388. The number of hydrogen-bond acceptors (Lipinski definition) is 1. The summed E-state index contributed by atoms with van der Waals surface area (Å²) in [6, 6.07) is 27.0. The highest BCUT2D eigenvalue weighted by molar-refractivity contribution is 5.94. The number of hydrogen-bond donors (Lipinski definition) is 0. The molecule has 0 saturated heterocycles. The van der Waals surface area contributed by atoms with Gasteiger partial charge in [0, 0.05) is 10.9 Å². The van der Waals surface area contributed by atoms with Gasteiger partial charge in [-0.25, -0.2) is 0 Å². The average molecular weight is 336 g/mol. The Morgan fingerprint density at radius 2 is 1.27 bits per heavy atom. The molecule has 0 aliphatic heterocycles. The van der Waals surface area contributed by atoms with Crippen LogP contribution in [-0.2, 0) is 0 Å². The fraction of sp³-hybridized carbons (Fsp3) is 0.0400. The highest BCUT2D eigenvalue weighted by Gasteiger charge is 2.09. The Morgan fingerprint density at radius 3 is 2.08 bits per heavy atom. The number of benzene rings is 3. The Hall–Kier alpha value is -3.32. The van der Waals surface area contributed by atoms with Gasteiger partial charge < -0.3 is 4.42 Å². The molecule has 0 atom stereocenters. The second kappa shape index (κ2) is 7.28. The van der Waals surface area contributed by atoms with Crippen LogP contribution < -0.4 is 0 Å². The van der Waals surface area contributed by atoms with E-state index < -0.39 is 0 Å². The Bertz CT molecular complexity index is 1060. The Balaban J connectivity index is 1.74. The van der Waals surface area contributed by atoms with E-state index in [1.807, 2.05) is 36.4 Å². The van der Waals surface area contributed by atoms with Crippen LogP contribution in [0.3, 0.4) is 0 Å². The molecule has 0 spiro atoms. The summed E-state index contributed by atoms with van der Waals surface area (Å²) >= 11 is 0. The van der Waals surface area contributed by atoms with Crippen LogP contribution in [0.25, 0.3) is 35.3 Å². The van der Waals surface area contributed by atoms with Gasteiger partial charge in [0.1, 0.15) is 11.3 Å². The Kier molecular flexibility index (Phi) is 4.53. The van der Waals surface area contributed by atoms with Gasteiger partial charge in [0.25, 0.3) is 0 Å². The molecule has 0 amide bonds. The summed E-state index contributed by atoms with van der Waals surface area (Å²) in [4.78, 5) is 0. The molecule has 0 aliphatic rings. The van der Waals surface area contributed by atoms with E-state index in [-0.39, 0.29) is 0 Å². The van der Waals surface area contributed by atoms with Gasteiger partial charge in [0.05, 0.1) is 0 Å². The predicted octanol–water partition coefficient (Wildman–Crippen LogP) is 7.08. The average Bonchev–Trinajstić information content (AvgIpc) is 3.04. The Morgan fingerprint density at radius 1 is 0.615 bits per heavy atom. The van der Waals surface area contributed by atoms with Crippen molar-refractivity contribution in [1.29, 1.82) is 0 Å². The molecular formula is C25H20O. The molecular weight excluding hydrogens is 316 g/mol. The van der Waals surface area contributed by atoms with Crippen LogP contribution in [-0.4, -0.2) is 0 Å². The van der Waals surface area contributed by atoms with Gasteiger partial charge in [-0.2, -0.15) is 0 Å². The van der Waals surface area contributed by atoms with Gasteiger partial charge in [-0.15, -0.1) is 0 Å². The van der Waals surface area contributed by atoms with E-state index in [0.29, 0.717) is 0 Å². The summed E-state index contributed by atoms with van der Waals surface area (Å²) in [6.45, 7) is 2.10. The van der Waals surface area contributed by atoms with E-state index in [4.69, 9.17) is 4.42 Å². The minimum Gasteiger partial charge on any atom is -0.456 e. The molecule has 0 N–H and O–H groups in total. The molecule has 0 unspecified atom stereocenters. The normalized spacial score (nSPS) is 11.7. The molecule has 0 bridgehead atoms. The molecule has 4 aromatic rings. The second-order valence-corrected chi connectivity index (χ2v) is 6.36. The monoisotopic (exact) mass is 336 g/mol. The number of furan rings is 1. The van der Waals surface area contributed by atoms with Crippen molar-refractivity contribution < 1.29 is 4.42 Å². The maximum absolute atomic E-state index is 6.10. The maximum atomic E-state index is 6.10. The van der Waals surface area contributed by atoms with Gasteiger partial charge in [-0.1, -0.05) is 90.5 Å². The molecule has 0 aliphatic carbocycles. The zero-order valence-corrected chi connectivity index (χ0v) is 14.7. The smallest absolute Gasteiger partial charge is 0.135 e. The highest BCUT2D eigenvalue weighted by atomic mass is 16.3. The van der Waals surface area contributed by atoms with Gasteiger partial charge in [0.2, 0.25) is 0 Å². The van der Waals surface area contributed by atoms with E-state index in [0.717, 1.165) is 27.9 Å². The van der Waals surface area contributed by atoms with Gasteiger partial charge in [0.15, 0.2) is 0 Å². The van der Waals surface area contributed by atoms with E-state index in [2.05, 4.69) is 73.7 Å². The third kappa shape index (κ3) is 3.52. The minimum atomic E-state index is 0.874. The number of aryl methyl sites for hydroxylation is 1. The molecule has 1 nitrogen and oxygen atoms in total. The fourth-order valence-corrected chi connectivity index (χ4v) is 2.97. The minimum absolute atomic E-state index is 0.874. The van der Waals surface area contributed by atoms with E-state index >= 15 is 0 Å². The van der Waals surface area contributed by atoms with E-state index in [1.54, 1.807) is 0 Å². The van der Waals surface area contributed by atoms with Crippen molar-refractivity contribution >= 4 is 35.3 Å². The molecule has 3 aromatic carbocycles. The lowest BCUT2D eigenvalue weighted by atomic mass is 10.1. The lowest BCUT2D eigenvalue weighted by molar-refractivity contribution is 0.604. The summed E-state index contributed by atoms with van der Waals surface area (Å²) in [5.41, 5.74) is 5.61. The molecule has 4 rings (SSSR count). The van der Waals surface area contributed by atoms with Crippen LogP contribution in [0.4, 0.5) is 0 Å². The standard InChI is InChI=1S/C25H20O/c1-19-11-13-21(14-12-19)16-18-25-23(17-15-20-7-3-2-4-8-20)22-9-5-6-10-24(22)26-25/h2-18H,1H3/b17-15+,18-16+. The number of fused-ring (bicyclic) bond motifs is 1. The molecule has 1 heteroatoms. The molecule has 126 valence electrons. The van der Waals surface area contributed by atoms with Crippen LogP contribution in [0.5, 0.6) is 0 Å². The summed E-state index contributed by atoms with van der Waals surface area (Å²) in [5.74, 6) is 0.874. The largest absolute Gasteiger partial charge is 0.456 e. The lowest BCUT2D eigenvalue weighted by Crippen LogP contribution is -1.76. The first-order valence-corrected chi connectivity index (χ1v) is 8.79. The molecule has 1 heterocycles. The summed E-state index contributed by atoms with van der Waals surface area (Å²) in [6.07, 6.45) is 8.41. The van der Waals surface area contributed by atoms with Crippen LogP contribution in [0.1, 0.15) is 28.0 Å². The highest BCUT2D eigenvalue weighted by Crippen LogP contribution is 2.29. The summed E-state index contributed by atoms with van der Waals surface area (Å²) < 4.78 is 6.10. The molecule has 1 aromatic heterocycles. The zero-order chi connectivity index (χ0) is 17.8. The Labute approximate surface area is 153 Å². The third-order valence-corrected chi connectivity index (χ3v) is 4.41. The van der Waals surface area contributed by atoms with Crippen molar-refractivity contribution in [2.45, 2.75) is 6.92 Å². The van der Waals surface area contributed by atoms with Crippen molar-refractivity contribution in [3.63, 3.8) is 0 Å². The first-order valence-electron chi connectivity index (χ1n) is 8.79. The maximum Gasteiger partial charge on any atom is 0.135 e. The van der Waals surface area contributed by atoms with Crippen molar-refractivity contribution in [3.8, 4) is 0 Å². The predicted molar refractivity (Wildman–Crippen MR) is 112 cm³/mol. The van der Waals surface area contributed by atoms with Crippen LogP contribution in [0.2, 0.25) is 0 Å². The number of rotatable bonds is 4. The van der Waals surface area contributed by atoms with Crippen molar-refractivity contribution in [2.24, 2.45) is 0 Å². The molecule has 0 radical (unpaired) electrons. The van der Waals surface area contributed by atoms with Crippen molar-refractivity contribution in [3.05, 3.63) is 107 Å². The van der Waals surface area contributed by atoms with Gasteiger partial charge >= 0.3 is 0 Å². The van der Waals surface area contributed by atoms with Crippen LogP contribution >= 0.6 is 0 Å². The van der Waals surface area contributed by atoms with Gasteiger partial charge in [-0.3, -0.25) is 0 Å². The lowest BCUT2D eigenvalue weighted by Gasteiger charge is -1.96. The van der Waals surface area contributed by atoms with E-state index in [9.17, 15) is 0 Å². The number of para-hydroxylation sites is 1. The zero-order valence-electron chi connectivity index (χ0n) is 14.7. The topological polar surface area (TPSA) is 13.1 Å². The molecule has 0 saturated carbocycles. The molecule has 0 fully saturated rings. The first kappa shape index (κ1) is 16.2. The molecule has 26 heavy (non-hydrogen) atoms. The van der Waals surface area contributed by atoms with Crippen LogP contribution in [0, 0.1) is 6.92 Å². The van der Waals surface area contributed by atoms with E-state index in [1.165, 1.54) is 11.1 Å².